The molecule has 0 aliphatic rings. The van der Waals surface area contributed by atoms with Gasteiger partial charge in [0.05, 0.1) is 17.4 Å². The number of rotatable bonds is 5. The lowest BCUT2D eigenvalue weighted by atomic mass is 10.0. The van der Waals surface area contributed by atoms with Crippen molar-refractivity contribution >= 4 is 0 Å². The van der Waals surface area contributed by atoms with Gasteiger partial charge in [-0.1, -0.05) is 38.1 Å². The van der Waals surface area contributed by atoms with Gasteiger partial charge in [0.15, 0.2) is 0 Å². The molecule has 1 aromatic carbocycles. The fourth-order valence-corrected chi connectivity index (χ4v) is 2.44. The molecule has 1 unspecified atom stereocenters. The molecule has 2 aromatic rings. The minimum absolute atomic E-state index is 0.210. The average Bonchev–Trinajstić information content (AvgIpc) is 2.75. The van der Waals surface area contributed by atoms with Crippen LogP contribution in [0.15, 0.2) is 30.3 Å². The molecule has 0 saturated heterocycles. The monoisotopic (exact) mass is 257 g/mol. The Morgan fingerprint density at radius 2 is 1.89 bits per heavy atom. The first-order valence-electron chi connectivity index (χ1n) is 6.98. The summed E-state index contributed by atoms with van der Waals surface area (Å²) in [5.41, 5.74) is 4.94. The maximum Gasteiger partial charge on any atom is 0.0748 e. The summed E-state index contributed by atoms with van der Waals surface area (Å²) in [6.45, 7) is 7.29. The minimum Gasteiger partial charge on any atom is -0.305 e. The van der Waals surface area contributed by atoms with Gasteiger partial charge < -0.3 is 5.32 Å². The van der Waals surface area contributed by atoms with Crippen LogP contribution in [0, 0.1) is 6.92 Å². The quantitative estimate of drug-likeness (QED) is 0.892. The second-order valence-corrected chi connectivity index (χ2v) is 4.92. The molecule has 102 valence electrons. The number of benzene rings is 1. The third-order valence-corrected chi connectivity index (χ3v) is 3.46. The molecular formula is C16H23N3. The van der Waals surface area contributed by atoms with Crippen LogP contribution in [0.5, 0.6) is 0 Å². The summed E-state index contributed by atoms with van der Waals surface area (Å²) in [7, 11) is 2.01. The summed E-state index contributed by atoms with van der Waals surface area (Å²) >= 11 is 0. The van der Waals surface area contributed by atoms with Crippen LogP contribution >= 0.6 is 0 Å². The molecule has 1 N–H and O–H groups in total. The molecule has 2 rings (SSSR count). The Morgan fingerprint density at radius 3 is 2.37 bits per heavy atom. The normalized spacial score (nSPS) is 12.6. The predicted molar refractivity (Wildman–Crippen MR) is 79.3 cm³/mol. The van der Waals surface area contributed by atoms with Crippen molar-refractivity contribution in [1.82, 2.24) is 15.1 Å². The molecule has 1 heterocycles. The van der Waals surface area contributed by atoms with Crippen molar-refractivity contribution in [2.24, 2.45) is 7.05 Å². The second-order valence-electron chi connectivity index (χ2n) is 4.92. The fraction of sp³-hybridized carbons (Fsp3) is 0.438. The SMILES string of the molecule is CCNC(c1ccc(CC)cc1)c1cc(C)nn1C. The molecule has 0 spiro atoms. The first-order valence-corrected chi connectivity index (χ1v) is 6.98. The molecule has 0 aliphatic heterocycles. The highest BCUT2D eigenvalue weighted by Gasteiger charge is 2.17. The van der Waals surface area contributed by atoms with Gasteiger partial charge in [-0.2, -0.15) is 5.10 Å². The van der Waals surface area contributed by atoms with Gasteiger partial charge in [-0.05, 0) is 37.1 Å². The molecule has 3 heteroatoms. The minimum atomic E-state index is 0.210. The Labute approximate surface area is 115 Å². The van der Waals surface area contributed by atoms with Crippen LogP contribution in [-0.2, 0) is 13.5 Å². The third kappa shape index (κ3) is 3.04. The van der Waals surface area contributed by atoms with E-state index in [1.165, 1.54) is 16.8 Å². The molecule has 0 fully saturated rings. The van der Waals surface area contributed by atoms with Crippen LogP contribution in [0.25, 0.3) is 0 Å². The van der Waals surface area contributed by atoms with Crippen LogP contribution in [-0.4, -0.2) is 16.3 Å². The van der Waals surface area contributed by atoms with Crippen molar-refractivity contribution in [1.29, 1.82) is 0 Å². The number of aryl methyl sites for hydroxylation is 3. The van der Waals surface area contributed by atoms with Gasteiger partial charge in [0.2, 0.25) is 0 Å². The van der Waals surface area contributed by atoms with Crippen molar-refractivity contribution in [3.8, 4) is 0 Å². The maximum atomic E-state index is 4.45. The van der Waals surface area contributed by atoms with E-state index in [-0.39, 0.29) is 6.04 Å². The summed E-state index contributed by atoms with van der Waals surface area (Å²) in [6.07, 6.45) is 1.08. The van der Waals surface area contributed by atoms with Gasteiger partial charge in [0.25, 0.3) is 0 Å². The van der Waals surface area contributed by atoms with Crippen LogP contribution in [0.3, 0.4) is 0 Å². The van der Waals surface area contributed by atoms with Gasteiger partial charge >= 0.3 is 0 Å². The fourth-order valence-electron chi connectivity index (χ4n) is 2.44. The van der Waals surface area contributed by atoms with Crippen molar-refractivity contribution < 1.29 is 0 Å². The van der Waals surface area contributed by atoms with Crippen molar-refractivity contribution in [3.63, 3.8) is 0 Å². The highest BCUT2D eigenvalue weighted by molar-refractivity contribution is 5.31. The Hall–Kier alpha value is -1.61. The highest BCUT2D eigenvalue weighted by atomic mass is 15.3. The molecule has 19 heavy (non-hydrogen) atoms. The van der Waals surface area contributed by atoms with E-state index in [0.29, 0.717) is 0 Å². The number of hydrogen-bond donors (Lipinski definition) is 1. The zero-order valence-electron chi connectivity index (χ0n) is 12.3. The molecular weight excluding hydrogens is 234 g/mol. The molecule has 0 bridgehead atoms. The molecule has 0 amide bonds. The van der Waals surface area contributed by atoms with E-state index in [9.17, 15) is 0 Å². The molecule has 1 aromatic heterocycles. The number of aromatic nitrogens is 2. The van der Waals surface area contributed by atoms with E-state index in [1.807, 2.05) is 18.7 Å². The van der Waals surface area contributed by atoms with Crippen LogP contribution in [0.4, 0.5) is 0 Å². The van der Waals surface area contributed by atoms with Gasteiger partial charge in [0.1, 0.15) is 0 Å². The Balaban J connectivity index is 2.36. The third-order valence-electron chi connectivity index (χ3n) is 3.46. The largest absolute Gasteiger partial charge is 0.305 e. The van der Waals surface area contributed by atoms with Gasteiger partial charge in [0, 0.05) is 7.05 Å². The summed E-state index contributed by atoms with van der Waals surface area (Å²) in [4.78, 5) is 0. The van der Waals surface area contributed by atoms with E-state index in [1.54, 1.807) is 0 Å². The van der Waals surface area contributed by atoms with E-state index < -0.39 is 0 Å². The summed E-state index contributed by atoms with van der Waals surface area (Å²) in [6, 6.07) is 11.2. The lowest BCUT2D eigenvalue weighted by molar-refractivity contribution is 0.572. The molecule has 0 saturated carbocycles. The Kier molecular flexibility index (Phi) is 4.38. The lowest BCUT2D eigenvalue weighted by Crippen LogP contribution is -2.24. The number of hydrogen-bond acceptors (Lipinski definition) is 2. The van der Waals surface area contributed by atoms with Gasteiger partial charge in [-0.15, -0.1) is 0 Å². The second kappa shape index (κ2) is 6.02. The smallest absolute Gasteiger partial charge is 0.0748 e. The van der Waals surface area contributed by atoms with E-state index in [2.05, 4.69) is 54.6 Å². The summed E-state index contributed by atoms with van der Waals surface area (Å²) in [5, 5.41) is 8.00. The number of nitrogens with one attached hydrogen (secondary N) is 1. The lowest BCUT2D eigenvalue weighted by Gasteiger charge is -2.19. The van der Waals surface area contributed by atoms with Crippen molar-refractivity contribution in [3.05, 3.63) is 52.8 Å². The summed E-state index contributed by atoms with van der Waals surface area (Å²) < 4.78 is 1.97. The Morgan fingerprint density at radius 1 is 1.21 bits per heavy atom. The van der Waals surface area contributed by atoms with E-state index in [0.717, 1.165) is 18.7 Å². The average molecular weight is 257 g/mol. The van der Waals surface area contributed by atoms with Crippen LogP contribution in [0.2, 0.25) is 0 Å². The molecule has 3 nitrogen and oxygen atoms in total. The first kappa shape index (κ1) is 13.8. The molecule has 1 atom stereocenters. The summed E-state index contributed by atoms with van der Waals surface area (Å²) in [5.74, 6) is 0. The van der Waals surface area contributed by atoms with Gasteiger partial charge in [-0.25, -0.2) is 0 Å². The van der Waals surface area contributed by atoms with Crippen molar-refractivity contribution in [2.75, 3.05) is 6.54 Å². The molecule has 0 radical (unpaired) electrons. The van der Waals surface area contributed by atoms with Crippen LogP contribution in [0.1, 0.15) is 42.4 Å². The maximum absolute atomic E-state index is 4.45. The topological polar surface area (TPSA) is 29.9 Å². The Bertz CT molecular complexity index is 525. The zero-order valence-corrected chi connectivity index (χ0v) is 12.3. The predicted octanol–water partition coefficient (Wildman–Crippen LogP) is 2.99. The zero-order chi connectivity index (χ0) is 13.8. The highest BCUT2D eigenvalue weighted by Crippen LogP contribution is 2.22. The van der Waals surface area contributed by atoms with Crippen molar-refractivity contribution in [2.45, 2.75) is 33.2 Å². The number of nitrogens with zero attached hydrogens (tertiary/aromatic N) is 2. The van der Waals surface area contributed by atoms with Gasteiger partial charge in [-0.3, -0.25) is 4.68 Å². The molecule has 0 aliphatic carbocycles. The first-order chi connectivity index (χ1) is 9.15. The van der Waals surface area contributed by atoms with Crippen LogP contribution < -0.4 is 5.32 Å². The van der Waals surface area contributed by atoms with E-state index in [4.69, 9.17) is 0 Å². The van der Waals surface area contributed by atoms with E-state index >= 15 is 0 Å². The standard InChI is InChI=1S/C16H23N3/c1-5-13-7-9-14(10-8-13)16(17-6-2)15-11-12(3)18-19(15)4/h7-11,16-17H,5-6H2,1-4H3.